The van der Waals surface area contributed by atoms with Crippen molar-refractivity contribution < 1.29 is 9.47 Å². The number of rotatable bonds is 4. The van der Waals surface area contributed by atoms with Gasteiger partial charge in [-0.2, -0.15) is 4.98 Å². The molecule has 6 heteroatoms. The van der Waals surface area contributed by atoms with Crippen molar-refractivity contribution in [2.75, 3.05) is 19.5 Å². The molecule has 0 aliphatic carbocycles. The summed E-state index contributed by atoms with van der Waals surface area (Å²) in [5.41, 5.74) is 7.07. The second-order valence-corrected chi connectivity index (χ2v) is 8.40. The molecule has 0 amide bonds. The smallest absolute Gasteiger partial charge is 0.350 e. The Balaban J connectivity index is 1.90. The van der Waals surface area contributed by atoms with E-state index in [4.69, 9.17) is 9.47 Å². The number of nitrogens with zero attached hydrogens (tertiary/aromatic N) is 2. The molecule has 2 aromatic carbocycles. The molecular weight excluding hydrogens is 390 g/mol. The molecule has 2 unspecified atom stereocenters. The van der Waals surface area contributed by atoms with Crippen LogP contribution in [0.2, 0.25) is 0 Å². The van der Waals surface area contributed by atoms with Crippen LogP contribution in [0.15, 0.2) is 35.1 Å². The number of fused-ring (bicyclic) bond motifs is 3. The third-order valence-electron chi connectivity index (χ3n) is 6.34. The van der Waals surface area contributed by atoms with Crippen LogP contribution in [0.5, 0.6) is 11.5 Å². The molecule has 0 bridgehead atoms. The molecule has 0 saturated carbocycles. The molecule has 1 aromatic heterocycles. The van der Waals surface area contributed by atoms with E-state index < -0.39 is 0 Å². The van der Waals surface area contributed by atoms with Crippen LogP contribution in [0, 0.1) is 20.8 Å². The van der Waals surface area contributed by atoms with Gasteiger partial charge in [0.15, 0.2) is 11.5 Å². The summed E-state index contributed by atoms with van der Waals surface area (Å²) in [6.07, 6.45) is 0. The summed E-state index contributed by atoms with van der Waals surface area (Å²) in [6, 6.07) is 10.1. The molecule has 6 nitrogen and oxygen atoms in total. The lowest BCUT2D eigenvalue weighted by Crippen LogP contribution is -2.33. The maximum Gasteiger partial charge on any atom is 0.350 e. The molecule has 1 N–H and O–H groups in total. The Morgan fingerprint density at radius 2 is 1.55 bits per heavy atom. The van der Waals surface area contributed by atoms with Crippen molar-refractivity contribution in [3.63, 3.8) is 0 Å². The van der Waals surface area contributed by atoms with Gasteiger partial charge in [-0.3, -0.25) is 4.57 Å². The van der Waals surface area contributed by atoms with Crippen molar-refractivity contribution >= 4 is 11.5 Å². The minimum Gasteiger partial charge on any atom is -0.493 e. The number of benzene rings is 2. The van der Waals surface area contributed by atoms with Crippen LogP contribution < -0.4 is 20.5 Å². The van der Waals surface area contributed by atoms with Gasteiger partial charge in [0.05, 0.1) is 19.9 Å². The fourth-order valence-electron chi connectivity index (χ4n) is 4.64. The fourth-order valence-corrected chi connectivity index (χ4v) is 4.64. The Morgan fingerprint density at radius 3 is 2.16 bits per heavy atom. The summed E-state index contributed by atoms with van der Waals surface area (Å²) in [5.74, 6) is 1.99. The number of hydrogen-bond donors (Lipinski definition) is 1. The van der Waals surface area contributed by atoms with E-state index in [9.17, 15) is 4.79 Å². The highest BCUT2D eigenvalue weighted by Gasteiger charge is 2.31. The third kappa shape index (κ3) is 3.46. The summed E-state index contributed by atoms with van der Waals surface area (Å²) >= 11 is 0. The fraction of sp³-hybridized carbons (Fsp3) is 0.360. The van der Waals surface area contributed by atoms with Gasteiger partial charge in [0, 0.05) is 29.3 Å². The van der Waals surface area contributed by atoms with Crippen LogP contribution in [-0.4, -0.2) is 23.8 Å². The molecule has 0 fully saturated rings. The summed E-state index contributed by atoms with van der Waals surface area (Å²) in [4.78, 5) is 17.5. The van der Waals surface area contributed by atoms with Crippen LogP contribution in [0.1, 0.15) is 48.1 Å². The van der Waals surface area contributed by atoms with Crippen molar-refractivity contribution in [3.05, 3.63) is 63.1 Å². The number of aryl methyl sites for hydroxylation is 3. The first kappa shape index (κ1) is 21.0. The lowest BCUT2D eigenvalue weighted by atomic mass is 9.84. The van der Waals surface area contributed by atoms with E-state index in [1.165, 1.54) is 5.56 Å². The lowest BCUT2D eigenvalue weighted by molar-refractivity contribution is 0.352. The van der Waals surface area contributed by atoms with Gasteiger partial charge in [0.1, 0.15) is 5.82 Å². The van der Waals surface area contributed by atoms with E-state index in [-0.39, 0.29) is 17.6 Å². The topological polar surface area (TPSA) is 65.4 Å². The molecule has 162 valence electrons. The van der Waals surface area contributed by atoms with Crippen LogP contribution in [0.25, 0.3) is 11.3 Å². The average molecular weight is 420 g/mol. The predicted octanol–water partition coefficient (Wildman–Crippen LogP) is 5.27. The van der Waals surface area contributed by atoms with Gasteiger partial charge in [-0.05, 0) is 56.5 Å². The Morgan fingerprint density at radius 1 is 0.935 bits per heavy atom. The van der Waals surface area contributed by atoms with Gasteiger partial charge in [-0.1, -0.05) is 24.6 Å². The van der Waals surface area contributed by atoms with Crippen molar-refractivity contribution in [3.8, 4) is 22.8 Å². The Labute approximate surface area is 182 Å². The van der Waals surface area contributed by atoms with Gasteiger partial charge in [-0.25, -0.2) is 4.79 Å². The van der Waals surface area contributed by atoms with E-state index >= 15 is 0 Å². The quantitative estimate of drug-likeness (QED) is 0.624. The molecule has 0 saturated heterocycles. The Kier molecular flexibility index (Phi) is 5.25. The summed E-state index contributed by atoms with van der Waals surface area (Å²) in [7, 11) is 3.26. The molecular formula is C25H29N3O3. The molecule has 31 heavy (non-hydrogen) atoms. The standard InChI is InChI=1S/C25H29N3O3/c1-13-8-14(2)24(15(3)9-13)26-23-12-20-19-11-22(31-7)21(30-6)10-18(19)16(4)17(5)28(20)25(29)27-23/h8-12,16-17H,1-7H3,(H,26,27,29). The highest BCUT2D eigenvalue weighted by Crippen LogP contribution is 2.46. The summed E-state index contributed by atoms with van der Waals surface area (Å²) in [6.45, 7) is 10.4. The number of methoxy groups -OCH3 is 2. The van der Waals surface area contributed by atoms with Gasteiger partial charge in [0.25, 0.3) is 0 Å². The normalized spacial score (nSPS) is 17.0. The average Bonchev–Trinajstić information content (AvgIpc) is 2.73. The summed E-state index contributed by atoms with van der Waals surface area (Å²) < 4.78 is 12.8. The molecule has 4 rings (SSSR count). The molecule has 1 aliphatic heterocycles. The monoisotopic (exact) mass is 419 g/mol. The van der Waals surface area contributed by atoms with Crippen molar-refractivity contribution in [2.45, 2.75) is 46.6 Å². The van der Waals surface area contributed by atoms with Crippen LogP contribution in [0.3, 0.4) is 0 Å². The minimum atomic E-state index is -0.262. The third-order valence-corrected chi connectivity index (χ3v) is 6.34. The van der Waals surface area contributed by atoms with E-state index in [1.807, 2.05) is 18.2 Å². The van der Waals surface area contributed by atoms with Gasteiger partial charge < -0.3 is 14.8 Å². The van der Waals surface area contributed by atoms with Gasteiger partial charge in [-0.15, -0.1) is 0 Å². The van der Waals surface area contributed by atoms with E-state index in [0.717, 1.165) is 33.6 Å². The van der Waals surface area contributed by atoms with Crippen LogP contribution in [-0.2, 0) is 0 Å². The highest BCUT2D eigenvalue weighted by molar-refractivity contribution is 5.75. The lowest BCUT2D eigenvalue weighted by Gasteiger charge is -2.33. The number of anilines is 2. The number of ether oxygens (including phenoxy) is 2. The van der Waals surface area contributed by atoms with E-state index in [2.05, 4.69) is 57.1 Å². The first-order valence-electron chi connectivity index (χ1n) is 10.5. The van der Waals surface area contributed by atoms with Crippen molar-refractivity contribution in [1.82, 2.24) is 9.55 Å². The number of nitrogens with one attached hydrogen (secondary N) is 1. The first-order valence-corrected chi connectivity index (χ1v) is 10.5. The highest BCUT2D eigenvalue weighted by atomic mass is 16.5. The van der Waals surface area contributed by atoms with Gasteiger partial charge >= 0.3 is 5.69 Å². The Hall–Kier alpha value is -3.28. The SMILES string of the molecule is COc1cc2c(cc1OC)C(C)C(C)n1c-2cc(Nc2c(C)cc(C)cc2C)nc1=O. The maximum atomic E-state index is 13.1. The zero-order valence-corrected chi connectivity index (χ0v) is 19.2. The molecule has 3 aromatic rings. The molecule has 0 spiro atoms. The number of hydrogen-bond acceptors (Lipinski definition) is 5. The second-order valence-electron chi connectivity index (χ2n) is 8.40. The van der Waals surface area contributed by atoms with Crippen molar-refractivity contribution in [2.24, 2.45) is 0 Å². The summed E-state index contributed by atoms with van der Waals surface area (Å²) in [5, 5.41) is 3.39. The maximum absolute atomic E-state index is 13.1. The molecule has 2 heterocycles. The largest absolute Gasteiger partial charge is 0.493 e. The van der Waals surface area contributed by atoms with Crippen LogP contribution >= 0.6 is 0 Å². The Bertz CT molecular complexity index is 1210. The number of aromatic nitrogens is 2. The minimum absolute atomic E-state index is 0.0301. The molecule has 1 aliphatic rings. The van der Waals surface area contributed by atoms with E-state index in [0.29, 0.717) is 17.3 Å². The molecule has 2 atom stereocenters. The van der Waals surface area contributed by atoms with Gasteiger partial charge in [0.2, 0.25) is 0 Å². The first-order chi connectivity index (χ1) is 14.7. The molecule has 0 radical (unpaired) electrons. The van der Waals surface area contributed by atoms with Crippen LogP contribution in [0.4, 0.5) is 11.5 Å². The van der Waals surface area contributed by atoms with E-state index in [1.54, 1.807) is 18.8 Å². The second kappa shape index (κ2) is 7.76. The predicted molar refractivity (Wildman–Crippen MR) is 124 cm³/mol. The van der Waals surface area contributed by atoms with Crippen molar-refractivity contribution in [1.29, 1.82) is 0 Å². The zero-order valence-electron chi connectivity index (χ0n) is 19.2. The zero-order chi connectivity index (χ0) is 22.4.